The molecule has 0 spiro atoms. The number of carboxylic acids is 1. The van der Waals surface area contributed by atoms with Crippen LogP contribution in [0.1, 0.15) is 40.5 Å². The fourth-order valence-electron chi connectivity index (χ4n) is 2.51. The Balaban J connectivity index is 4.37. The van der Waals surface area contributed by atoms with Gasteiger partial charge >= 0.3 is 5.97 Å². The number of aliphatic hydroxyl groups excluding tert-OH is 2. The number of carboxylic acid groups (broad SMARTS) is 1. The van der Waals surface area contributed by atoms with Gasteiger partial charge in [-0.05, 0) is 26.7 Å². The van der Waals surface area contributed by atoms with Crippen LogP contribution in [-0.2, 0) is 4.79 Å². The molecular weight excluding hydrogens is 388 g/mol. The van der Waals surface area contributed by atoms with Crippen LogP contribution in [0.3, 0.4) is 0 Å². The van der Waals surface area contributed by atoms with Crippen LogP contribution in [-0.4, -0.2) is 33.5 Å². The van der Waals surface area contributed by atoms with Gasteiger partial charge < -0.3 is 15.3 Å². The summed E-state index contributed by atoms with van der Waals surface area (Å²) in [6.07, 6.45) is 24.2. The summed E-state index contributed by atoms with van der Waals surface area (Å²) in [6, 6.07) is 0. The highest BCUT2D eigenvalue weighted by Crippen LogP contribution is 2.19. The predicted molar refractivity (Wildman–Crippen MR) is 131 cm³/mol. The number of carbonyl (C=O) groups is 1. The number of hydrogen-bond acceptors (Lipinski definition) is 3. The Kier molecular flexibility index (Phi) is 15.6. The smallest absolute Gasteiger partial charge is 0.331 e. The average molecular weight is 427 g/mol. The lowest BCUT2D eigenvalue weighted by Gasteiger charge is -2.25. The van der Waals surface area contributed by atoms with Crippen molar-refractivity contribution in [2.45, 2.75) is 52.7 Å². The van der Waals surface area contributed by atoms with E-state index in [1.165, 1.54) is 0 Å². The SMILES string of the molecule is C=C(C)/C=C/C=C/C=C/C(O)C(C)C(O)C(C)/C=C/CC/C=C/C=C/C=C(\C)C(=O)O. The number of unbranched alkanes of at least 4 members (excludes halogenated alkanes) is 1. The molecule has 0 aromatic carbocycles. The largest absolute Gasteiger partial charge is 0.478 e. The first kappa shape index (κ1) is 28.3. The first-order valence-electron chi connectivity index (χ1n) is 10.6. The molecule has 0 bridgehead atoms. The second kappa shape index (κ2) is 17.0. The number of hydrogen-bond donors (Lipinski definition) is 3. The quantitative estimate of drug-likeness (QED) is 0.144. The van der Waals surface area contributed by atoms with Crippen LogP contribution in [0, 0.1) is 11.8 Å². The average Bonchev–Trinajstić information content (AvgIpc) is 2.72. The minimum atomic E-state index is -0.920. The van der Waals surface area contributed by atoms with Crippen molar-refractivity contribution in [1.29, 1.82) is 0 Å². The second-order valence-corrected chi connectivity index (χ2v) is 7.65. The highest BCUT2D eigenvalue weighted by molar-refractivity contribution is 5.86. The van der Waals surface area contributed by atoms with E-state index >= 15 is 0 Å². The van der Waals surface area contributed by atoms with E-state index in [0.29, 0.717) is 5.57 Å². The number of aliphatic carboxylic acids is 1. The lowest BCUT2D eigenvalue weighted by atomic mass is 9.88. The number of aliphatic hydroxyl groups is 2. The molecule has 0 aromatic heterocycles. The predicted octanol–water partition coefficient (Wildman–Crippen LogP) is 5.70. The molecule has 0 aliphatic rings. The lowest BCUT2D eigenvalue weighted by Crippen LogP contribution is -2.32. The minimum absolute atomic E-state index is 0.0694. The molecule has 0 heterocycles. The molecule has 0 amide bonds. The maximum atomic E-state index is 10.6. The van der Waals surface area contributed by atoms with Crippen molar-refractivity contribution < 1.29 is 20.1 Å². The first-order valence-corrected chi connectivity index (χ1v) is 10.6. The summed E-state index contributed by atoms with van der Waals surface area (Å²) in [5.41, 5.74) is 1.27. The second-order valence-electron chi connectivity index (χ2n) is 7.65. The van der Waals surface area contributed by atoms with Crippen LogP contribution in [0.25, 0.3) is 0 Å². The van der Waals surface area contributed by atoms with Gasteiger partial charge in [0.1, 0.15) is 0 Å². The zero-order valence-electron chi connectivity index (χ0n) is 19.2. The number of allylic oxidation sites excluding steroid dienone is 12. The van der Waals surface area contributed by atoms with Gasteiger partial charge in [0.2, 0.25) is 0 Å². The molecule has 0 saturated heterocycles. The van der Waals surface area contributed by atoms with Crippen molar-refractivity contribution in [1.82, 2.24) is 0 Å². The van der Waals surface area contributed by atoms with Crippen LogP contribution >= 0.6 is 0 Å². The lowest BCUT2D eigenvalue weighted by molar-refractivity contribution is -0.132. The standard InChI is InChI=1S/C27H38O4/c1-21(2)17-13-11-12-16-20-25(28)24(5)26(29)22(3)18-14-9-7-6-8-10-15-19-23(4)27(30)31/h6,8,10-20,22,24-26,28-29H,1,7,9H2,2-5H3,(H,30,31)/b8-6+,12-11+,15-10+,17-13+,18-14+,20-16+,23-19+. The molecule has 0 fully saturated rings. The van der Waals surface area contributed by atoms with Gasteiger partial charge in [-0.15, -0.1) is 0 Å². The van der Waals surface area contributed by atoms with Crippen LogP contribution in [0.2, 0.25) is 0 Å². The molecule has 0 aromatic rings. The van der Waals surface area contributed by atoms with E-state index in [1.807, 2.05) is 69.4 Å². The van der Waals surface area contributed by atoms with Crippen molar-refractivity contribution in [3.05, 3.63) is 96.7 Å². The van der Waals surface area contributed by atoms with Crippen LogP contribution in [0.15, 0.2) is 96.7 Å². The third-order valence-electron chi connectivity index (χ3n) is 4.62. The Morgan fingerprint density at radius 3 is 2.13 bits per heavy atom. The van der Waals surface area contributed by atoms with Gasteiger partial charge in [-0.25, -0.2) is 4.79 Å². The van der Waals surface area contributed by atoms with Gasteiger partial charge in [0.05, 0.1) is 12.2 Å². The Labute approximate surface area is 187 Å². The van der Waals surface area contributed by atoms with Gasteiger partial charge in [0.15, 0.2) is 0 Å². The molecule has 4 heteroatoms. The Morgan fingerprint density at radius 1 is 0.871 bits per heavy atom. The third kappa shape index (κ3) is 14.9. The molecule has 4 nitrogen and oxygen atoms in total. The summed E-state index contributed by atoms with van der Waals surface area (Å²) in [4.78, 5) is 10.6. The van der Waals surface area contributed by atoms with E-state index in [-0.39, 0.29) is 11.8 Å². The van der Waals surface area contributed by atoms with Crippen LogP contribution in [0.4, 0.5) is 0 Å². The van der Waals surface area contributed by atoms with Crippen molar-refractivity contribution in [2.24, 2.45) is 11.8 Å². The molecule has 0 radical (unpaired) electrons. The third-order valence-corrected chi connectivity index (χ3v) is 4.62. The zero-order valence-corrected chi connectivity index (χ0v) is 19.2. The summed E-state index contributed by atoms with van der Waals surface area (Å²) in [6.45, 7) is 11.0. The van der Waals surface area contributed by atoms with Crippen molar-refractivity contribution in [3.63, 3.8) is 0 Å². The first-order chi connectivity index (χ1) is 14.7. The van der Waals surface area contributed by atoms with Gasteiger partial charge in [-0.2, -0.15) is 0 Å². The summed E-state index contributed by atoms with van der Waals surface area (Å²) in [5.74, 6) is -1.28. The minimum Gasteiger partial charge on any atom is -0.478 e. The molecular formula is C27H38O4. The fraction of sp³-hybridized carbons (Fsp3) is 0.370. The monoisotopic (exact) mass is 426 g/mol. The van der Waals surface area contributed by atoms with Gasteiger partial charge in [-0.3, -0.25) is 0 Å². The van der Waals surface area contributed by atoms with Crippen molar-refractivity contribution in [2.75, 3.05) is 0 Å². The van der Waals surface area contributed by atoms with E-state index < -0.39 is 18.2 Å². The van der Waals surface area contributed by atoms with E-state index in [1.54, 1.807) is 37.3 Å². The molecule has 0 saturated carbocycles. The van der Waals surface area contributed by atoms with E-state index in [4.69, 9.17) is 5.11 Å². The Hall–Kier alpha value is -2.69. The highest BCUT2D eigenvalue weighted by Gasteiger charge is 2.24. The van der Waals surface area contributed by atoms with Crippen molar-refractivity contribution >= 4 is 5.97 Å². The molecule has 0 aliphatic carbocycles. The molecule has 170 valence electrons. The molecule has 3 N–H and O–H groups in total. The molecule has 31 heavy (non-hydrogen) atoms. The van der Waals surface area contributed by atoms with E-state index in [2.05, 4.69) is 6.58 Å². The fourth-order valence-corrected chi connectivity index (χ4v) is 2.51. The van der Waals surface area contributed by atoms with E-state index in [0.717, 1.165) is 18.4 Å². The van der Waals surface area contributed by atoms with Gasteiger partial charge in [-0.1, -0.05) is 105 Å². The maximum Gasteiger partial charge on any atom is 0.331 e. The summed E-state index contributed by atoms with van der Waals surface area (Å²) >= 11 is 0. The number of rotatable bonds is 14. The van der Waals surface area contributed by atoms with Gasteiger partial charge in [0, 0.05) is 17.4 Å². The van der Waals surface area contributed by atoms with Crippen LogP contribution < -0.4 is 0 Å². The van der Waals surface area contributed by atoms with E-state index in [9.17, 15) is 15.0 Å². The zero-order chi connectivity index (χ0) is 23.6. The van der Waals surface area contributed by atoms with Crippen LogP contribution in [0.5, 0.6) is 0 Å². The summed E-state index contributed by atoms with van der Waals surface area (Å²) < 4.78 is 0. The molecule has 0 rings (SSSR count). The molecule has 4 unspecified atom stereocenters. The Morgan fingerprint density at radius 2 is 1.48 bits per heavy atom. The highest BCUT2D eigenvalue weighted by atomic mass is 16.4. The molecule has 0 aliphatic heterocycles. The topological polar surface area (TPSA) is 77.8 Å². The molecule has 4 atom stereocenters. The van der Waals surface area contributed by atoms with Gasteiger partial charge in [0.25, 0.3) is 0 Å². The summed E-state index contributed by atoms with van der Waals surface area (Å²) in [7, 11) is 0. The van der Waals surface area contributed by atoms with Crippen molar-refractivity contribution in [3.8, 4) is 0 Å². The summed E-state index contributed by atoms with van der Waals surface area (Å²) in [5, 5.41) is 29.5. The maximum absolute atomic E-state index is 10.6. The normalized spacial score (nSPS) is 17.5. The Bertz CT molecular complexity index is 747.